The fraction of sp³-hybridized carbons (Fsp3) is 0.500. The van der Waals surface area contributed by atoms with Gasteiger partial charge in [0, 0.05) is 5.56 Å². The smallest absolute Gasteiger partial charge is 0.382 e. The van der Waals surface area contributed by atoms with Gasteiger partial charge >= 0.3 is 7.32 Å². The number of hydrogen-bond donors (Lipinski definition) is 0. The van der Waals surface area contributed by atoms with E-state index in [4.69, 9.17) is 14.0 Å². The van der Waals surface area contributed by atoms with Crippen molar-refractivity contribution in [2.24, 2.45) is 0 Å². The highest BCUT2D eigenvalue weighted by atomic mass is 16.8. The van der Waals surface area contributed by atoms with Crippen LogP contribution in [0.5, 0.6) is 0 Å². The molecule has 0 saturated carbocycles. The average molecular weight is 262 g/mol. The van der Waals surface area contributed by atoms with Gasteiger partial charge in [-0.05, 0) is 33.3 Å². The SMILES string of the molecule is CC1(C)OB(OCc2ccc(C=O)cc2)OC1(C)C. The summed E-state index contributed by atoms with van der Waals surface area (Å²) in [6.45, 7) is 8.31. The number of benzene rings is 1. The fourth-order valence-corrected chi connectivity index (χ4v) is 1.71. The summed E-state index contributed by atoms with van der Waals surface area (Å²) in [5.41, 5.74) is 0.845. The molecule has 0 radical (unpaired) electrons. The highest BCUT2D eigenvalue weighted by Crippen LogP contribution is 2.37. The van der Waals surface area contributed by atoms with Gasteiger partial charge in [0.1, 0.15) is 6.29 Å². The Labute approximate surface area is 114 Å². The molecule has 0 spiro atoms. The maximum absolute atomic E-state index is 10.6. The Morgan fingerprint density at radius 3 is 2.11 bits per heavy atom. The van der Waals surface area contributed by atoms with E-state index in [0.717, 1.165) is 11.8 Å². The highest BCUT2D eigenvalue weighted by molar-refractivity contribution is 6.37. The molecule has 0 aromatic heterocycles. The Balaban J connectivity index is 1.91. The van der Waals surface area contributed by atoms with Crippen molar-refractivity contribution < 1.29 is 18.8 Å². The van der Waals surface area contributed by atoms with E-state index in [-0.39, 0.29) is 11.2 Å². The largest absolute Gasteiger partial charge is 0.640 e. The van der Waals surface area contributed by atoms with Crippen LogP contribution in [0, 0.1) is 0 Å². The predicted octanol–water partition coefficient (Wildman–Crippen LogP) is 2.60. The second kappa shape index (κ2) is 5.08. The van der Waals surface area contributed by atoms with E-state index in [1.54, 1.807) is 12.1 Å². The molecule has 0 amide bonds. The van der Waals surface area contributed by atoms with E-state index >= 15 is 0 Å². The van der Waals surface area contributed by atoms with E-state index in [2.05, 4.69) is 0 Å². The van der Waals surface area contributed by atoms with Crippen molar-refractivity contribution in [1.82, 2.24) is 0 Å². The Bertz CT molecular complexity index is 437. The summed E-state index contributed by atoms with van der Waals surface area (Å²) in [6.07, 6.45) is 0.818. The Kier molecular flexibility index (Phi) is 3.81. The van der Waals surface area contributed by atoms with Crippen LogP contribution in [0.4, 0.5) is 0 Å². The van der Waals surface area contributed by atoms with Gasteiger partial charge in [-0.1, -0.05) is 24.3 Å². The van der Waals surface area contributed by atoms with Crippen LogP contribution in [0.3, 0.4) is 0 Å². The van der Waals surface area contributed by atoms with Gasteiger partial charge < -0.3 is 14.0 Å². The van der Waals surface area contributed by atoms with Crippen molar-refractivity contribution in [1.29, 1.82) is 0 Å². The van der Waals surface area contributed by atoms with E-state index in [0.29, 0.717) is 12.2 Å². The van der Waals surface area contributed by atoms with Gasteiger partial charge in [-0.15, -0.1) is 0 Å². The molecule has 1 heterocycles. The number of rotatable bonds is 4. The number of hydrogen-bond acceptors (Lipinski definition) is 4. The molecule has 19 heavy (non-hydrogen) atoms. The third kappa shape index (κ3) is 3.05. The topological polar surface area (TPSA) is 44.8 Å². The first-order chi connectivity index (χ1) is 8.84. The summed E-state index contributed by atoms with van der Waals surface area (Å²) in [6, 6.07) is 7.23. The van der Waals surface area contributed by atoms with Gasteiger partial charge in [-0.25, -0.2) is 0 Å². The summed E-state index contributed by atoms with van der Waals surface area (Å²) in [5.74, 6) is 0. The van der Waals surface area contributed by atoms with E-state index < -0.39 is 7.32 Å². The van der Waals surface area contributed by atoms with Gasteiger partial charge in [0.15, 0.2) is 0 Å². The monoisotopic (exact) mass is 262 g/mol. The van der Waals surface area contributed by atoms with Crippen LogP contribution in [0.2, 0.25) is 0 Å². The van der Waals surface area contributed by atoms with Crippen LogP contribution >= 0.6 is 0 Å². The van der Waals surface area contributed by atoms with E-state index in [1.165, 1.54) is 0 Å². The Morgan fingerprint density at radius 1 is 1.11 bits per heavy atom. The molecule has 0 aliphatic carbocycles. The molecule has 2 rings (SSSR count). The van der Waals surface area contributed by atoms with Gasteiger partial charge in [0.2, 0.25) is 0 Å². The molecule has 102 valence electrons. The summed E-state index contributed by atoms with van der Waals surface area (Å²) in [7, 11) is -0.657. The molecule has 0 atom stereocenters. The normalized spacial score (nSPS) is 20.5. The molecule has 1 saturated heterocycles. The van der Waals surface area contributed by atoms with Gasteiger partial charge in [0.05, 0.1) is 17.8 Å². The minimum absolute atomic E-state index is 0.385. The summed E-state index contributed by atoms with van der Waals surface area (Å²) in [4.78, 5) is 10.6. The summed E-state index contributed by atoms with van der Waals surface area (Å²) < 4.78 is 17.1. The molecule has 0 N–H and O–H groups in total. The minimum Gasteiger partial charge on any atom is -0.382 e. The summed E-state index contributed by atoms with van der Waals surface area (Å²) in [5, 5.41) is 0. The molecule has 1 aromatic rings. The maximum Gasteiger partial charge on any atom is 0.640 e. The molecule has 1 aliphatic rings. The third-order valence-corrected chi connectivity index (χ3v) is 3.73. The number of carbonyl (C=O) groups excluding carboxylic acids is 1. The van der Waals surface area contributed by atoms with Crippen LogP contribution in [-0.2, 0) is 20.6 Å². The van der Waals surface area contributed by atoms with Crippen molar-refractivity contribution in [3.63, 3.8) is 0 Å². The van der Waals surface area contributed by atoms with Crippen LogP contribution in [0.25, 0.3) is 0 Å². The van der Waals surface area contributed by atoms with E-state index in [9.17, 15) is 4.79 Å². The first-order valence-electron chi connectivity index (χ1n) is 6.35. The lowest BCUT2D eigenvalue weighted by molar-refractivity contribution is 0.00578. The first-order valence-corrected chi connectivity index (χ1v) is 6.35. The predicted molar refractivity (Wildman–Crippen MR) is 72.7 cm³/mol. The van der Waals surface area contributed by atoms with Crippen molar-refractivity contribution in [2.75, 3.05) is 0 Å². The zero-order chi connectivity index (χ0) is 14.1. The molecule has 0 bridgehead atoms. The standard InChI is InChI=1S/C14H19BO4/c1-13(2)14(3,4)19-15(18-13)17-10-12-7-5-11(9-16)6-8-12/h5-9H,10H2,1-4H3. The molecular formula is C14H19BO4. The third-order valence-electron chi connectivity index (χ3n) is 3.73. The Morgan fingerprint density at radius 2 is 1.63 bits per heavy atom. The van der Waals surface area contributed by atoms with Crippen molar-refractivity contribution in [3.8, 4) is 0 Å². The lowest BCUT2D eigenvalue weighted by Crippen LogP contribution is -2.41. The molecule has 1 aromatic carbocycles. The first kappa shape index (κ1) is 14.2. The van der Waals surface area contributed by atoms with Gasteiger partial charge in [0.25, 0.3) is 0 Å². The Hall–Kier alpha value is -1.17. The average Bonchev–Trinajstić information content (AvgIpc) is 2.56. The van der Waals surface area contributed by atoms with Crippen molar-refractivity contribution in [2.45, 2.75) is 45.5 Å². The molecule has 1 fully saturated rings. The zero-order valence-corrected chi connectivity index (χ0v) is 11.8. The maximum atomic E-state index is 10.6. The molecule has 4 nitrogen and oxygen atoms in total. The highest BCUT2D eigenvalue weighted by Gasteiger charge is 2.52. The molecular weight excluding hydrogens is 243 g/mol. The second-order valence-electron chi connectivity index (χ2n) is 5.72. The molecule has 5 heteroatoms. The zero-order valence-electron chi connectivity index (χ0n) is 11.8. The van der Waals surface area contributed by atoms with Crippen LogP contribution in [0.15, 0.2) is 24.3 Å². The van der Waals surface area contributed by atoms with Crippen LogP contribution < -0.4 is 0 Å². The van der Waals surface area contributed by atoms with Gasteiger partial charge in [-0.2, -0.15) is 0 Å². The lowest BCUT2D eigenvalue weighted by atomic mass is 9.90. The number of aldehydes is 1. The second-order valence-corrected chi connectivity index (χ2v) is 5.72. The van der Waals surface area contributed by atoms with E-state index in [1.807, 2.05) is 39.8 Å². The minimum atomic E-state index is -0.657. The van der Waals surface area contributed by atoms with Gasteiger partial charge in [-0.3, -0.25) is 4.79 Å². The van der Waals surface area contributed by atoms with Crippen molar-refractivity contribution >= 4 is 13.6 Å². The van der Waals surface area contributed by atoms with Crippen molar-refractivity contribution in [3.05, 3.63) is 35.4 Å². The van der Waals surface area contributed by atoms with Crippen LogP contribution in [-0.4, -0.2) is 24.8 Å². The quantitative estimate of drug-likeness (QED) is 0.618. The molecule has 0 unspecified atom stereocenters. The fourth-order valence-electron chi connectivity index (χ4n) is 1.71. The van der Waals surface area contributed by atoms with Crippen LogP contribution in [0.1, 0.15) is 43.6 Å². The number of carbonyl (C=O) groups is 1. The lowest BCUT2D eigenvalue weighted by Gasteiger charge is -2.31. The molecule has 1 aliphatic heterocycles. The summed E-state index contributed by atoms with van der Waals surface area (Å²) >= 11 is 0.